The van der Waals surface area contributed by atoms with Gasteiger partial charge in [-0.1, -0.05) is 6.08 Å². The smallest absolute Gasteiger partial charge is 0.236 e. The topological polar surface area (TPSA) is 52.6 Å². The van der Waals surface area contributed by atoms with Crippen LogP contribution < -0.4 is 4.74 Å². The largest absolute Gasteiger partial charge is 0.482 e. The number of ether oxygens (including phenoxy) is 1. The average molecular weight is 373 g/mol. The Hall–Kier alpha value is -0.900. The second-order valence-electron chi connectivity index (χ2n) is 5.02. The lowest BCUT2D eigenvalue weighted by Gasteiger charge is -2.16. The van der Waals surface area contributed by atoms with E-state index in [0.29, 0.717) is 18.8 Å². The normalized spacial score (nSPS) is 16.1. The fourth-order valence-corrected chi connectivity index (χ4v) is 3.73. The minimum Gasteiger partial charge on any atom is -0.482 e. The summed E-state index contributed by atoms with van der Waals surface area (Å²) in [6.07, 6.45) is 2.67. The highest BCUT2D eigenvalue weighted by Gasteiger charge is 2.21. The molecule has 1 aliphatic carbocycles. The molecule has 1 aliphatic rings. The summed E-state index contributed by atoms with van der Waals surface area (Å²) >= 11 is 3.44. The van der Waals surface area contributed by atoms with Gasteiger partial charge in [-0.3, -0.25) is 9.36 Å². The molecule has 0 spiro atoms. The van der Waals surface area contributed by atoms with Gasteiger partial charge < -0.3 is 9.26 Å². The van der Waals surface area contributed by atoms with Crippen LogP contribution in [0.15, 0.2) is 22.7 Å². The summed E-state index contributed by atoms with van der Waals surface area (Å²) < 4.78 is 23.6. The molecule has 0 saturated heterocycles. The number of fused-ring (bicyclic) bond motifs is 1. The zero-order chi connectivity index (χ0) is 15.6. The van der Waals surface area contributed by atoms with Gasteiger partial charge in [-0.2, -0.15) is 0 Å². The van der Waals surface area contributed by atoms with Crippen molar-refractivity contribution in [1.29, 1.82) is 0 Å². The quantitative estimate of drug-likeness (QED) is 0.700. The number of rotatable bonds is 6. The molecule has 114 valence electrons. The first kappa shape index (κ1) is 16.5. The monoisotopic (exact) mass is 372 g/mol. The van der Waals surface area contributed by atoms with Crippen LogP contribution in [0.25, 0.3) is 5.57 Å². The van der Waals surface area contributed by atoms with E-state index < -0.39 is 7.37 Å². The molecule has 0 bridgehead atoms. The number of carbonyl (C=O) groups excluding carboxylic acids is 1. The van der Waals surface area contributed by atoms with E-state index >= 15 is 0 Å². The molecule has 6 heteroatoms. The molecular formula is C15H18BrO4P. The van der Waals surface area contributed by atoms with Crippen molar-refractivity contribution in [2.45, 2.75) is 20.3 Å². The van der Waals surface area contributed by atoms with Crippen molar-refractivity contribution in [3.8, 4) is 5.75 Å². The highest BCUT2D eigenvalue weighted by molar-refractivity contribution is 9.10. The zero-order valence-electron chi connectivity index (χ0n) is 12.3. The molecule has 1 atom stereocenters. The van der Waals surface area contributed by atoms with Gasteiger partial charge in [0.2, 0.25) is 7.37 Å². The Kier molecular flexibility index (Phi) is 5.07. The predicted octanol–water partition coefficient (Wildman–Crippen LogP) is 4.26. The van der Waals surface area contributed by atoms with E-state index in [9.17, 15) is 9.36 Å². The predicted molar refractivity (Wildman–Crippen MR) is 87.2 cm³/mol. The van der Waals surface area contributed by atoms with Gasteiger partial charge in [-0.15, -0.1) is 0 Å². The Morgan fingerprint density at radius 2 is 2.14 bits per heavy atom. The van der Waals surface area contributed by atoms with Gasteiger partial charge in [0.15, 0.2) is 12.1 Å². The lowest BCUT2D eigenvalue weighted by atomic mass is 10.0. The number of ketones is 1. The lowest BCUT2D eigenvalue weighted by Crippen LogP contribution is -2.03. The van der Waals surface area contributed by atoms with Gasteiger partial charge in [0.1, 0.15) is 5.75 Å². The van der Waals surface area contributed by atoms with E-state index in [-0.39, 0.29) is 12.1 Å². The summed E-state index contributed by atoms with van der Waals surface area (Å²) in [6, 6.07) is 3.77. The molecule has 0 amide bonds. The molecule has 0 aliphatic heterocycles. The van der Waals surface area contributed by atoms with Crippen LogP contribution in [0.5, 0.6) is 5.75 Å². The van der Waals surface area contributed by atoms with Crippen molar-refractivity contribution >= 4 is 34.7 Å². The molecule has 0 saturated carbocycles. The van der Waals surface area contributed by atoms with Crippen LogP contribution in [0.2, 0.25) is 0 Å². The molecule has 2 rings (SSSR count). The maximum atomic E-state index is 12.1. The van der Waals surface area contributed by atoms with Gasteiger partial charge in [0, 0.05) is 12.2 Å². The van der Waals surface area contributed by atoms with Crippen molar-refractivity contribution in [2.24, 2.45) is 0 Å². The van der Waals surface area contributed by atoms with E-state index in [1.54, 1.807) is 20.5 Å². The molecule has 1 unspecified atom stereocenters. The number of hydrogen-bond acceptors (Lipinski definition) is 4. The summed E-state index contributed by atoms with van der Waals surface area (Å²) in [7, 11) is -2.74. The van der Waals surface area contributed by atoms with Gasteiger partial charge in [-0.05, 0) is 59.5 Å². The van der Waals surface area contributed by atoms with Crippen molar-refractivity contribution in [1.82, 2.24) is 0 Å². The third-order valence-corrected chi connectivity index (χ3v) is 5.23. The highest BCUT2D eigenvalue weighted by Crippen LogP contribution is 2.44. The molecule has 0 N–H and O–H groups in total. The van der Waals surface area contributed by atoms with Crippen LogP contribution in [0.1, 0.15) is 25.0 Å². The first-order chi connectivity index (χ1) is 9.84. The van der Waals surface area contributed by atoms with Gasteiger partial charge in [-0.25, -0.2) is 0 Å². The van der Waals surface area contributed by atoms with Gasteiger partial charge >= 0.3 is 0 Å². The second kappa shape index (κ2) is 6.47. The Balaban J connectivity index is 2.18. The molecule has 1 aromatic rings. The minimum atomic E-state index is -2.74. The molecule has 0 radical (unpaired) electrons. The molecule has 0 aromatic heterocycles. The number of hydrogen-bond donors (Lipinski definition) is 0. The fourth-order valence-electron chi connectivity index (χ4n) is 2.28. The van der Waals surface area contributed by atoms with Crippen LogP contribution in [-0.2, 0) is 20.3 Å². The molecule has 0 fully saturated rings. The number of halogens is 1. The van der Waals surface area contributed by atoms with E-state index in [1.807, 2.05) is 18.2 Å². The SMILES string of the molecule is CCOP(C)(=O)COc1cc2c(cc1Br)C(C(C)=O)=CC2. The van der Waals surface area contributed by atoms with Gasteiger partial charge in [0.25, 0.3) is 0 Å². The van der Waals surface area contributed by atoms with Crippen molar-refractivity contribution < 1.29 is 18.6 Å². The average Bonchev–Trinajstić information content (AvgIpc) is 2.78. The third-order valence-electron chi connectivity index (χ3n) is 3.21. The Bertz CT molecular complexity index is 651. The summed E-state index contributed by atoms with van der Waals surface area (Å²) in [5.41, 5.74) is 2.72. The maximum Gasteiger partial charge on any atom is 0.236 e. The first-order valence-electron chi connectivity index (χ1n) is 6.72. The van der Waals surface area contributed by atoms with Crippen molar-refractivity contribution in [2.75, 3.05) is 19.6 Å². The van der Waals surface area contributed by atoms with Crippen molar-refractivity contribution in [3.63, 3.8) is 0 Å². The van der Waals surface area contributed by atoms with E-state index in [0.717, 1.165) is 21.2 Å². The van der Waals surface area contributed by atoms with Crippen molar-refractivity contribution in [3.05, 3.63) is 33.8 Å². The van der Waals surface area contributed by atoms with Crippen LogP contribution in [0, 0.1) is 0 Å². The van der Waals surface area contributed by atoms with E-state index in [4.69, 9.17) is 9.26 Å². The Labute approximate surface area is 133 Å². The Morgan fingerprint density at radius 1 is 1.43 bits per heavy atom. The molecule has 4 nitrogen and oxygen atoms in total. The summed E-state index contributed by atoms with van der Waals surface area (Å²) in [5.74, 6) is 0.678. The summed E-state index contributed by atoms with van der Waals surface area (Å²) in [4.78, 5) is 11.6. The van der Waals surface area contributed by atoms with Crippen LogP contribution in [0.3, 0.4) is 0 Å². The standard InChI is InChI=1S/C15H18BrO4P/c1-4-20-21(3,18)9-19-15-7-11-5-6-12(10(2)17)13(11)8-14(15)16/h6-8H,4-5,9H2,1-3H3. The highest BCUT2D eigenvalue weighted by atomic mass is 79.9. The first-order valence-corrected chi connectivity index (χ1v) is 9.77. The second-order valence-corrected chi connectivity index (χ2v) is 8.42. The third kappa shape index (κ3) is 3.85. The van der Waals surface area contributed by atoms with E-state index in [2.05, 4.69) is 15.9 Å². The summed E-state index contributed by atoms with van der Waals surface area (Å²) in [6.45, 7) is 5.33. The fraction of sp³-hybridized carbons (Fsp3) is 0.400. The van der Waals surface area contributed by atoms with Crippen LogP contribution >= 0.6 is 23.3 Å². The molecule has 0 heterocycles. The lowest BCUT2D eigenvalue weighted by molar-refractivity contribution is -0.111. The molecule has 21 heavy (non-hydrogen) atoms. The van der Waals surface area contributed by atoms with Gasteiger partial charge in [0.05, 0.1) is 11.1 Å². The summed E-state index contributed by atoms with van der Waals surface area (Å²) in [5, 5.41) is 0. The zero-order valence-corrected chi connectivity index (χ0v) is 14.8. The molecular weight excluding hydrogens is 355 g/mol. The number of carbonyl (C=O) groups is 1. The minimum absolute atomic E-state index is 0.0330. The molecule has 1 aromatic carbocycles. The van der Waals surface area contributed by atoms with Crippen LogP contribution in [-0.4, -0.2) is 25.4 Å². The van der Waals surface area contributed by atoms with Crippen LogP contribution in [0.4, 0.5) is 0 Å². The Morgan fingerprint density at radius 3 is 2.76 bits per heavy atom. The number of benzene rings is 1. The maximum absolute atomic E-state index is 12.1. The number of allylic oxidation sites excluding steroid dienone is 2. The van der Waals surface area contributed by atoms with E-state index in [1.165, 1.54) is 0 Å². The number of Topliss-reactive ketones (excluding diaryl/α,β-unsaturated/α-hetero) is 1.